The second-order valence-electron chi connectivity index (χ2n) is 4.88. The van der Waals surface area contributed by atoms with E-state index in [2.05, 4.69) is 0 Å². The first-order valence-electron chi connectivity index (χ1n) is 6.40. The molecule has 26 heavy (non-hydrogen) atoms. The molecule has 0 saturated carbocycles. The third-order valence-corrected chi connectivity index (χ3v) is 4.89. The van der Waals surface area contributed by atoms with E-state index in [9.17, 15) is 25.9 Å². The fourth-order valence-electron chi connectivity index (χ4n) is 2.00. The van der Waals surface area contributed by atoms with Gasteiger partial charge in [-0.25, -0.2) is 0 Å². The molecule has 0 aliphatic heterocycles. The molecule has 0 amide bonds. The normalized spacial score (nSPS) is 11.6. The van der Waals surface area contributed by atoms with Gasteiger partial charge in [0.2, 0.25) is 0 Å². The average molecular weight is 443 g/mol. The average Bonchev–Trinajstić information content (AvgIpc) is 2.45. The summed E-state index contributed by atoms with van der Waals surface area (Å²) in [5.41, 5.74) is 11.4. The van der Waals surface area contributed by atoms with Crippen molar-refractivity contribution < 1.29 is 25.9 Å². The highest BCUT2D eigenvalue weighted by molar-refractivity contribution is 7.86. The van der Waals surface area contributed by atoms with Crippen LogP contribution >= 0.6 is 24.8 Å². The first kappa shape index (κ1) is 24.2. The molecule has 0 unspecified atom stereocenters. The summed E-state index contributed by atoms with van der Waals surface area (Å²) in [6.45, 7) is 0. The molecule has 2 aromatic carbocycles. The van der Waals surface area contributed by atoms with Gasteiger partial charge in [-0.15, -0.1) is 24.8 Å². The van der Waals surface area contributed by atoms with Gasteiger partial charge in [0.1, 0.15) is 9.79 Å². The van der Waals surface area contributed by atoms with Crippen LogP contribution in [0.15, 0.2) is 46.2 Å². The predicted molar refractivity (Wildman–Crippen MR) is 105 cm³/mol. The summed E-state index contributed by atoms with van der Waals surface area (Å²) in [7, 11) is -9.05. The Morgan fingerprint density at radius 2 is 1.00 bits per heavy atom. The standard InChI is InChI=1S/C14H14N2O6S2.2ClH/c15-11-5-3-9(13(7-11)23(17,18)19)1-2-10-4-6-12(16)8-14(10)24(20,21)22;;/h1-8H,15-16H2,(H,17,18,19)(H,20,21,22);2*1H. The quantitative estimate of drug-likeness (QED) is 0.318. The van der Waals surface area contributed by atoms with Crippen molar-refractivity contribution in [3.05, 3.63) is 47.5 Å². The smallest absolute Gasteiger partial charge is 0.295 e. The molecule has 0 aliphatic carbocycles. The minimum atomic E-state index is -4.52. The molecular weight excluding hydrogens is 427 g/mol. The van der Waals surface area contributed by atoms with Gasteiger partial charge in [0, 0.05) is 11.4 Å². The molecule has 2 rings (SSSR count). The lowest BCUT2D eigenvalue weighted by atomic mass is 10.1. The zero-order chi connectivity index (χ0) is 18.1. The predicted octanol–water partition coefficient (Wildman–Crippen LogP) is 2.36. The Hall–Kier alpha value is -1.82. The van der Waals surface area contributed by atoms with E-state index in [0.717, 1.165) is 12.1 Å². The largest absolute Gasteiger partial charge is 0.399 e. The van der Waals surface area contributed by atoms with Gasteiger partial charge in [0.25, 0.3) is 20.2 Å². The van der Waals surface area contributed by atoms with Crippen LogP contribution in [0.3, 0.4) is 0 Å². The number of halogens is 2. The Morgan fingerprint density at radius 3 is 1.27 bits per heavy atom. The molecule has 0 spiro atoms. The highest BCUT2D eigenvalue weighted by Crippen LogP contribution is 2.24. The third-order valence-electron chi connectivity index (χ3n) is 3.07. The van der Waals surface area contributed by atoms with Crippen LogP contribution in [0.2, 0.25) is 0 Å². The summed E-state index contributed by atoms with van der Waals surface area (Å²) in [5, 5.41) is 0. The highest BCUT2D eigenvalue weighted by atomic mass is 35.5. The number of rotatable bonds is 4. The van der Waals surface area contributed by atoms with E-state index >= 15 is 0 Å². The topological polar surface area (TPSA) is 161 Å². The lowest BCUT2D eigenvalue weighted by molar-refractivity contribution is 0.480. The summed E-state index contributed by atoms with van der Waals surface area (Å²) >= 11 is 0. The molecule has 0 fully saturated rings. The molecule has 0 heterocycles. The van der Waals surface area contributed by atoms with Crippen molar-refractivity contribution in [2.75, 3.05) is 11.5 Å². The molecule has 0 bridgehead atoms. The van der Waals surface area contributed by atoms with Gasteiger partial charge in [0.15, 0.2) is 0 Å². The van der Waals surface area contributed by atoms with Gasteiger partial charge in [-0.1, -0.05) is 24.3 Å². The van der Waals surface area contributed by atoms with Crippen molar-refractivity contribution in [3.63, 3.8) is 0 Å². The van der Waals surface area contributed by atoms with Crippen LogP contribution in [0.4, 0.5) is 11.4 Å². The van der Waals surface area contributed by atoms with Crippen LogP contribution in [-0.4, -0.2) is 25.9 Å². The van der Waals surface area contributed by atoms with E-state index < -0.39 is 30.0 Å². The molecule has 144 valence electrons. The SMILES string of the molecule is Cl.Cl.Nc1ccc(C=Cc2ccc(N)cc2S(=O)(=O)O)c(S(=O)(=O)O)c1. The Labute approximate surface area is 163 Å². The van der Waals surface area contributed by atoms with Crippen molar-refractivity contribution in [1.82, 2.24) is 0 Å². The Bertz CT molecular complexity index is 954. The van der Waals surface area contributed by atoms with Crippen LogP contribution in [0.25, 0.3) is 12.2 Å². The van der Waals surface area contributed by atoms with Gasteiger partial charge >= 0.3 is 0 Å². The van der Waals surface area contributed by atoms with E-state index in [-0.39, 0.29) is 47.3 Å². The second-order valence-corrected chi connectivity index (χ2v) is 7.66. The van der Waals surface area contributed by atoms with Gasteiger partial charge < -0.3 is 11.5 Å². The van der Waals surface area contributed by atoms with E-state index in [1.54, 1.807) is 0 Å². The number of nitrogens with two attached hydrogens (primary N) is 2. The zero-order valence-electron chi connectivity index (χ0n) is 12.9. The van der Waals surface area contributed by atoms with Crippen LogP contribution in [0, 0.1) is 0 Å². The molecule has 12 heteroatoms. The lowest BCUT2D eigenvalue weighted by Crippen LogP contribution is -2.03. The van der Waals surface area contributed by atoms with Crippen LogP contribution < -0.4 is 11.5 Å². The van der Waals surface area contributed by atoms with Gasteiger partial charge in [0.05, 0.1) is 0 Å². The van der Waals surface area contributed by atoms with E-state index in [1.165, 1.54) is 36.4 Å². The monoisotopic (exact) mass is 442 g/mol. The molecule has 0 aromatic heterocycles. The van der Waals surface area contributed by atoms with E-state index in [0.29, 0.717) is 0 Å². The minimum absolute atomic E-state index is 0. The fraction of sp³-hybridized carbons (Fsp3) is 0. The Kier molecular flexibility index (Phi) is 8.10. The number of anilines is 2. The molecule has 8 nitrogen and oxygen atoms in total. The third kappa shape index (κ3) is 5.87. The maximum atomic E-state index is 11.4. The molecule has 2 aromatic rings. The van der Waals surface area contributed by atoms with Crippen LogP contribution in [0.5, 0.6) is 0 Å². The van der Waals surface area contributed by atoms with Crippen molar-refractivity contribution >= 4 is 68.6 Å². The highest BCUT2D eigenvalue weighted by Gasteiger charge is 2.16. The maximum Gasteiger partial charge on any atom is 0.295 e. The summed E-state index contributed by atoms with van der Waals surface area (Å²) in [4.78, 5) is -0.856. The summed E-state index contributed by atoms with van der Waals surface area (Å²) in [6.07, 6.45) is 2.53. The van der Waals surface area contributed by atoms with Crippen molar-refractivity contribution in [3.8, 4) is 0 Å². The molecule has 0 radical (unpaired) electrons. The van der Waals surface area contributed by atoms with Crippen molar-refractivity contribution in [2.45, 2.75) is 9.79 Å². The fourth-order valence-corrected chi connectivity index (χ4v) is 3.44. The zero-order valence-corrected chi connectivity index (χ0v) is 16.2. The number of benzene rings is 2. The van der Waals surface area contributed by atoms with Crippen molar-refractivity contribution in [2.24, 2.45) is 0 Å². The van der Waals surface area contributed by atoms with Gasteiger partial charge in [-0.3, -0.25) is 9.11 Å². The number of hydrogen-bond donors (Lipinski definition) is 4. The van der Waals surface area contributed by atoms with Gasteiger partial charge in [-0.2, -0.15) is 16.8 Å². The second kappa shape index (κ2) is 8.71. The van der Waals surface area contributed by atoms with Crippen molar-refractivity contribution in [1.29, 1.82) is 0 Å². The number of nitrogen functional groups attached to an aromatic ring is 2. The molecule has 0 saturated heterocycles. The Balaban J connectivity index is 0.00000312. The lowest BCUT2D eigenvalue weighted by Gasteiger charge is -2.06. The van der Waals surface area contributed by atoms with Crippen LogP contribution in [0.1, 0.15) is 11.1 Å². The first-order valence-corrected chi connectivity index (χ1v) is 9.28. The first-order chi connectivity index (χ1) is 11.0. The molecule has 0 aliphatic rings. The summed E-state index contributed by atoms with van der Waals surface area (Å²) in [5.74, 6) is 0. The Morgan fingerprint density at radius 1 is 0.692 bits per heavy atom. The molecular formula is C14H16Cl2N2O6S2. The summed E-state index contributed by atoms with van der Waals surface area (Å²) < 4.78 is 64.1. The van der Waals surface area contributed by atoms with Gasteiger partial charge in [-0.05, 0) is 35.4 Å². The molecule has 6 N–H and O–H groups in total. The molecule has 0 atom stereocenters. The number of hydrogen-bond acceptors (Lipinski definition) is 6. The van der Waals surface area contributed by atoms with E-state index in [4.69, 9.17) is 11.5 Å². The maximum absolute atomic E-state index is 11.4. The minimum Gasteiger partial charge on any atom is -0.399 e. The van der Waals surface area contributed by atoms with E-state index in [1.807, 2.05) is 0 Å². The van der Waals surface area contributed by atoms with Crippen LogP contribution in [-0.2, 0) is 20.2 Å². The summed E-state index contributed by atoms with van der Waals surface area (Å²) in [6, 6.07) is 7.67.